The van der Waals surface area contributed by atoms with Crippen molar-refractivity contribution in [3.63, 3.8) is 0 Å². The number of carbonyl (C=O) groups excluding carboxylic acids is 1. The van der Waals surface area contributed by atoms with Gasteiger partial charge in [0.25, 0.3) is 5.91 Å². The van der Waals surface area contributed by atoms with Crippen molar-refractivity contribution in [3.8, 4) is 11.5 Å². The van der Waals surface area contributed by atoms with E-state index in [1.165, 1.54) is 0 Å². The van der Waals surface area contributed by atoms with E-state index in [1.807, 2.05) is 4.90 Å². The summed E-state index contributed by atoms with van der Waals surface area (Å²) in [6, 6.07) is 5.28. The molecule has 1 aromatic rings. The van der Waals surface area contributed by atoms with Crippen LogP contribution in [0.15, 0.2) is 18.2 Å². The number of methoxy groups -OCH3 is 2. The van der Waals surface area contributed by atoms with Crippen LogP contribution >= 0.6 is 0 Å². The molecule has 0 bridgehead atoms. The van der Waals surface area contributed by atoms with Gasteiger partial charge in [-0.1, -0.05) is 6.92 Å². The lowest BCUT2D eigenvalue weighted by Crippen LogP contribution is -2.45. The fourth-order valence-electron chi connectivity index (χ4n) is 2.79. The van der Waals surface area contributed by atoms with Gasteiger partial charge in [-0.05, 0) is 36.9 Å². The van der Waals surface area contributed by atoms with Crippen LogP contribution in [0.5, 0.6) is 11.5 Å². The number of nitrogens with two attached hydrogens (primary N) is 1. The summed E-state index contributed by atoms with van der Waals surface area (Å²) < 4.78 is 10.5. The summed E-state index contributed by atoms with van der Waals surface area (Å²) in [6.45, 7) is 4.30. The van der Waals surface area contributed by atoms with Crippen LogP contribution in [0.3, 0.4) is 0 Å². The van der Waals surface area contributed by atoms with Gasteiger partial charge in [0, 0.05) is 19.2 Å². The fourth-order valence-corrected chi connectivity index (χ4v) is 2.79. The van der Waals surface area contributed by atoms with E-state index in [4.69, 9.17) is 15.2 Å². The summed E-state index contributed by atoms with van der Waals surface area (Å²) in [7, 11) is 3.15. The third-order valence-corrected chi connectivity index (χ3v) is 4.34. The van der Waals surface area contributed by atoms with Crippen LogP contribution in [0.4, 0.5) is 0 Å². The molecule has 1 saturated heterocycles. The van der Waals surface area contributed by atoms with Crippen LogP contribution in [0.2, 0.25) is 0 Å². The maximum absolute atomic E-state index is 12.7. The number of ether oxygens (including phenoxy) is 2. The molecule has 2 unspecified atom stereocenters. The highest BCUT2D eigenvalue weighted by Gasteiger charge is 2.29. The van der Waals surface area contributed by atoms with Crippen LogP contribution in [-0.4, -0.2) is 44.7 Å². The zero-order valence-electron chi connectivity index (χ0n) is 13.0. The molecule has 2 atom stereocenters. The Labute approximate surface area is 126 Å². The molecule has 0 spiro atoms. The monoisotopic (exact) mass is 292 g/mol. The van der Waals surface area contributed by atoms with Crippen LogP contribution < -0.4 is 15.2 Å². The summed E-state index contributed by atoms with van der Waals surface area (Å²) in [6.07, 6.45) is 0.992. The first-order chi connectivity index (χ1) is 10.1. The Morgan fingerprint density at radius 1 is 1.38 bits per heavy atom. The molecule has 2 N–H and O–H groups in total. The first kappa shape index (κ1) is 15.6. The normalized spacial score (nSPS) is 22.0. The van der Waals surface area contributed by atoms with E-state index in [9.17, 15) is 4.79 Å². The molecule has 0 radical (unpaired) electrons. The minimum atomic E-state index is -0.000136. The lowest BCUT2D eigenvalue weighted by atomic mass is 9.87. The van der Waals surface area contributed by atoms with Crippen molar-refractivity contribution in [1.29, 1.82) is 0 Å². The maximum atomic E-state index is 12.7. The number of likely N-dealkylation sites (tertiary alicyclic amines) is 1. The zero-order chi connectivity index (χ0) is 15.4. The lowest BCUT2D eigenvalue weighted by Gasteiger charge is -2.36. The number of amides is 1. The van der Waals surface area contributed by atoms with Crippen molar-refractivity contribution in [2.75, 3.05) is 33.9 Å². The Morgan fingerprint density at radius 2 is 2.14 bits per heavy atom. The van der Waals surface area contributed by atoms with Gasteiger partial charge in [0.2, 0.25) is 0 Å². The largest absolute Gasteiger partial charge is 0.497 e. The number of benzene rings is 1. The van der Waals surface area contributed by atoms with Crippen molar-refractivity contribution in [2.24, 2.45) is 17.6 Å². The maximum Gasteiger partial charge on any atom is 0.257 e. The van der Waals surface area contributed by atoms with Crippen molar-refractivity contribution in [2.45, 2.75) is 13.3 Å². The first-order valence-corrected chi connectivity index (χ1v) is 7.32. The van der Waals surface area contributed by atoms with Gasteiger partial charge in [-0.2, -0.15) is 0 Å². The summed E-state index contributed by atoms with van der Waals surface area (Å²) in [5.74, 6) is 2.15. The molecular formula is C16H24N2O3. The average Bonchev–Trinajstić information content (AvgIpc) is 2.54. The smallest absolute Gasteiger partial charge is 0.257 e. The summed E-state index contributed by atoms with van der Waals surface area (Å²) >= 11 is 0. The molecule has 1 aliphatic rings. The van der Waals surface area contributed by atoms with Gasteiger partial charge in [-0.15, -0.1) is 0 Å². The van der Waals surface area contributed by atoms with Gasteiger partial charge in [-0.3, -0.25) is 4.79 Å². The van der Waals surface area contributed by atoms with E-state index in [1.54, 1.807) is 32.4 Å². The Bertz CT molecular complexity index is 504. The molecule has 0 saturated carbocycles. The van der Waals surface area contributed by atoms with Crippen molar-refractivity contribution in [3.05, 3.63) is 23.8 Å². The molecule has 21 heavy (non-hydrogen) atoms. The van der Waals surface area contributed by atoms with E-state index in [-0.39, 0.29) is 5.91 Å². The standard InChI is InChI=1S/C16H24N2O3/c1-11-6-7-18(10-12(11)9-17)16(19)14-5-4-13(20-2)8-15(14)21-3/h4-5,8,11-12H,6-7,9-10,17H2,1-3H3. The molecule has 116 valence electrons. The second-order valence-electron chi connectivity index (χ2n) is 5.58. The van der Waals surface area contributed by atoms with E-state index in [0.29, 0.717) is 42.0 Å². The lowest BCUT2D eigenvalue weighted by molar-refractivity contribution is 0.0615. The van der Waals surface area contributed by atoms with Gasteiger partial charge in [-0.25, -0.2) is 0 Å². The highest BCUT2D eigenvalue weighted by Crippen LogP contribution is 2.28. The average molecular weight is 292 g/mol. The van der Waals surface area contributed by atoms with Crippen LogP contribution in [-0.2, 0) is 0 Å². The van der Waals surface area contributed by atoms with Crippen molar-refractivity contribution >= 4 is 5.91 Å². The van der Waals surface area contributed by atoms with Crippen LogP contribution in [0.1, 0.15) is 23.7 Å². The minimum Gasteiger partial charge on any atom is -0.497 e. The second-order valence-corrected chi connectivity index (χ2v) is 5.58. The summed E-state index contributed by atoms with van der Waals surface area (Å²) in [5, 5.41) is 0. The predicted molar refractivity (Wildman–Crippen MR) is 81.8 cm³/mol. The molecule has 1 aliphatic heterocycles. The molecule has 0 aromatic heterocycles. The number of piperidine rings is 1. The van der Waals surface area contributed by atoms with Crippen molar-refractivity contribution < 1.29 is 14.3 Å². The Kier molecular flexibility index (Phi) is 5.07. The molecular weight excluding hydrogens is 268 g/mol. The van der Waals surface area contributed by atoms with E-state index < -0.39 is 0 Å². The number of carbonyl (C=O) groups is 1. The minimum absolute atomic E-state index is 0.000136. The first-order valence-electron chi connectivity index (χ1n) is 7.32. The van der Waals surface area contributed by atoms with E-state index in [2.05, 4.69) is 6.92 Å². The second kappa shape index (κ2) is 6.80. The molecule has 0 aliphatic carbocycles. The van der Waals surface area contributed by atoms with Gasteiger partial charge in [0.1, 0.15) is 11.5 Å². The Balaban J connectivity index is 2.20. The van der Waals surface area contributed by atoms with Gasteiger partial charge >= 0.3 is 0 Å². The van der Waals surface area contributed by atoms with Gasteiger partial charge < -0.3 is 20.1 Å². The quantitative estimate of drug-likeness (QED) is 0.918. The Morgan fingerprint density at radius 3 is 2.76 bits per heavy atom. The number of hydrogen-bond acceptors (Lipinski definition) is 4. The zero-order valence-corrected chi connectivity index (χ0v) is 13.0. The molecule has 2 rings (SSSR count). The SMILES string of the molecule is COc1ccc(C(=O)N2CCC(C)C(CN)C2)c(OC)c1. The third kappa shape index (κ3) is 3.29. The Hall–Kier alpha value is -1.75. The molecule has 1 heterocycles. The molecule has 1 aromatic carbocycles. The molecule has 5 nitrogen and oxygen atoms in total. The molecule has 1 fully saturated rings. The number of hydrogen-bond donors (Lipinski definition) is 1. The summed E-state index contributed by atoms with van der Waals surface area (Å²) in [4.78, 5) is 14.6. The van der Waals surface area contributed by atoms with Crippen LogP contribution in [0.25, 0.3) is 0 Å². The fraction of sp³-hybridized carbons (Fsp3) is 0.562. The van der Waals surface area contributed by atoms with E-state index >= 15 is 0 Å². The topological polar surface area (TPSA) is 64.8 Å². The highest BCUT2D eigenvalue weighted by atomic mass is 16.5. The number of nitrogens with zero attached hydrogens (tertiary/aromatic N) is 1. The molecule has 1 amide bonds. The predicted octanol–water partition coefficient (Wildman–Crippen LogP) is 1.76. The van der Waals surface area contributed by atoms with Crippen molar-refractivity contribution in [1.82, 2.24) is 4.90 Å². The van der Waals surface area contributed by atoms with Crippen LogP contribution in [0, 0.1) is 11.8 Å². The number of rotatable bonds is 4. The summed E-state index contributed by atoms with van der Waals surface area (Å²) in [5.41, 5.74) is 6.38. The third-order valence-electron chi connectivity index (χ3n) is 4.34. The van der Waals surface area contributed by atoms with Gasteiger partial charge in [0.05, 0.1) is 19.8 Å². The molecule has 5 heteroatoms. The van der Waals surface area contributed by atoms with E-state index in [0.717, 1.165) is 13.0 Å². The van der Waals surface area contributed by atoms with Gasteiger partial charge in [0.15, 0.2) is 0 Å². The highest BCUT2D eigenvalue weighted by molar-refractivity contribution is 5.97.